The second-order valence-corrected chi connectivity index (χ2v) is 4.97. The smallest absolute Gasteiger partial charge is 0.160 e. The first-order valence-corrected chi connectivity index (χ1v) is 6.82. The summed E-state index contributed by atoms with van der Waals surface area (Å²) < 4.78 is 9.49. The third-order valence-electron chi connectivity index (χ3n) is 3.59. The highest BCUT2D eigenvalue weighted by molar-refractivity contribution is 5.49. The minimum absolute atomic E-state index is 0.703. The third-order valence-corrected chi connectivity index (χ3v) is 3.59. The maximum Gasteiger partial charge on any atom is 0.160 e. The van der Waals surface area contributed by atoms with Gasteiger partial charge in [-0.25, -0.2) is 9.97 Å². The van der Waals surface area contributed by atoms with Gasteiger partial charge in [0, 0.05) is 31.2 Å². The van der Waals surface area contributed by atoms with Crippen molar-refractivity contribution < 1.29 is 4.74 Å². The van der Waals surface area contributed by atoms with E-state index in [1.54, 1.807) is 13.3 Å². The van der Waals surface area contributed by atoms with Gasteiger partial charge in [-0.3, -0.25) is 0 Å². The number of benzene rings is 1. The number of methoxy groups -OCH3 is 1. The fourth-order valence-electron chi connectivity index (χ4n) is 2.35. The fourth-order valence-corrected chi connectivity index (χ4v) is 2.35. The van der Waals surface area contributed by atoms with Gasteiger partial charge in [0.25, 0.3) is 0 Å². The molecule has 3 rings (SSSR count). The summed E-state index contributed by atoms with van der Waals surface area (Å²) >= 11 is 0. The first-order valence-electron chi connectivity index (χ1n) is 6.82. The highest BCUT2D eigenvalue weighted by atomic mass is 16.5. The van der Waals surface area contributed by atoms with Crippen LogP contribution in [-0.2, 0) is 13.6 Å². The standard InChI is InChI=1S/C16H18N4O/c1-12-18-14(11-19(12)2)16-17-8-9-20(16)10-13-6-4-5-7-15(13)21-3/h4-9,11H,10H2,1-3H3. The highest BCUT2D eigenvalue weighted by Crippen LogP contribution is 2.22. The van der Waals surface area contributed by atoms with E-state index in [2.05, 4.69) is 20.6 Å². The number of aromatic nitrogens is 4. The second-order valence-electron chi connectivity index (χ2n) is 4.97. The van der Waals surface area contributed by atoms with Crippen LogP contribution in [0.25, 0.3) is 11.5 Å². The predicted octanol–water partition coefficient (Wildman–Crippen LogP) is 2.65. The van der Waals surface area contributed by atoms with E-state index in [0.29, 0.717) is 6.54 Å². The first-order chi connectivity index (χ1) is 10.2. The lowest BCUT2D eigenvalue weighted by atomic mass is 10.2. The summed E-state index contributed by atoms with van der Waals surface area (Å²) in [4.78, 5) is 8.98. The molecule has 0 fully saturated rings. The lowest BCUT2D eigenvalue weighted by Gasteiger charge is -2.10. The molecule has 2 aromatic heterocycles. The molecule has 0 aliphatic rings. The van der Waals surface area contributed by atoms with Crippen LogP contribution in [0.5, 0.6) is 5.75 Å². The molecule has 0 radical (unpaired) electrons. The van der Waals surface area contributed by atoms with E-state index < -0.39 is 0 Å². The van der Waals surface area contributed by atoms with Crippen LogP contribution >= 0.6 is 0 Å². The zero-order chi connectivity index (χ0) is 14.8. The van der Waals surface area contributed by atoms with Gasteiger partial charge in [-0.05, 0) is 13.0 Å². The van der Waals surface area contributed by atoms with Gasteiger partial charge < -0.3 is 13.9 Å². The van der Waals surface area contributed by atoms with E-state index in [0.717, 1.165) is 28.7 Å². The topological polar surface area (TPSA) is 44.9 Å². The number of aryl methyl sites for hydroxylation is 2. The molecule has 0 atom stereocenters. The Labute approximate surface area is 123 Å². The maximum absolute atomic E-state index is 5.41. The van der Waals surface area contributed by atoms with Crippen molar-refractivity contribution in [2.24, 2.45) is 7.05 Å². The molecule has 0 saturated heterocycles. The molecule has 0 N–H and O–H groups in total. The summed E-state index contributed by atoms with van der Waals surface area (Å²) in [7, 11) is 3.68. The van der Waals surface area contributed by atoms with Gasteiger partial charge in [0.2, 0.25) is 0 Å². The van der Waals surface area contributed by atoms with Gasteiger partial charge in [0.05, 0.1) is 13.7 Å². The van der Waals surface area contributed by atoms with Gasteiger partial charge in [-0.15, -0.1) is 0 Å². The quantitative estimate of drug-likeness (QED) is 0.739. The van der Waals surface area contributed by atoms with Gasteiger partial charge in [0.15, 0.2) is 5.82 Å². The SMILES string of the molecule is COc1ccccc1Cn1ccnc1-c1cn(C)c(C)n1. The van der Waals surface area contributed by atoms with E-state index in [1.807, 2.05) is 49.1 Å². The molecular formula is C16H18N4O. The van der Waals surface area contributed by atoms with Crippen LogP contribution in [-0.4, -0.2) is 26.2 Å². The number of rotatable bonds is 4. The Morgan fingerprint density at radius 2 is 2.05 bits per heavy atom. The summed E-state index contributed by atoms with van der Waals surface area (Å²) in [6.07, 6.45) is 5.76. The summed E-state index contributed by atoms with van der Waals surface area (Å²) in [5, 5.41) is 0. The molecule has 0 aliphatic heterocycles. The van der Waals surface area contributed by atoms with Gasteiger partial charge >= 0.3 is 0 Å². The number of para-hydroxylation sites is 1. The normalized spacial score (nSPS) is 10.8. The predicted molar refractivity (Wildman–Crippen MR) is 81.3 cm³/mol. The highest BCUT2D eigenvalue weighted by Gasteiger charge is 2.12. The Bertz CT molecular complexity index is 738. The van der Waals surface area contributed by atoms with Crippen molar-refractivity contribution in [1.82, 2.24) is 19.1 Å². The fraction of sp³-hybridized carbons (Fsp3) is 0.250. The summed E-state index contributed by atoms with van der Waals surface area (Å²) in [5.74, 6) is 2.72. The van der Waals surface area contributed by atoms with Crippen LogP contribution in [0, 0.1) is 6.92 Å². The molecule has 1 aromatic carbocycles. The maximum atomic E-state index is 5.41. The summed E-state index contributed by atoms with van der Waals surface area (Å²) in [6, 6.07) is 8.02. The minimum atomic E-state index is 0.703. The van der Waals surface area contributed by atoms with Gasteiger partial charge in [-0.1, -0.05) is 18.2 Å². The molecule has 3 aromatic rings. The molecule has 5 heteroatoms. The first kappa shape index (κ1) is 13.4. The average molecular weight is 282 g/mol. The molecule has 0 aliphatic carbocycles. The van der Waals surface area contributed by atoms with E-state index >= 15 is 0 Å². The second kappa shape index (κ2) is 5.44. The van der Waals surface area contributed by atoms with Crippen LogP contribution in [0.2, 0.25) is 0 Å². The molecule has 0 saturated carbocycles. The Morgan fingerprint density at radius 1 is 1.24 bits per heavy atom. The van der Waals surface area contributed by atoms with Gasteiger partial charge in [-0.2, -0.15) is 0 Å². The van der Waals surface area contributed by atoms with Crippen molar-refractivity contribution in [3.8, 4) is 17.3 Å². The number of hydrogen-bond acceptors (Lipinski definition) is 3. The Morgan fingerprint density at radius 3 is 2.76 bits per heavy atom. The minimum Gasteiger partial charge on any atom is -0.496 e. The molecule has 0 spiro atoms. The molecule has 108 valence electrons. The van der Waals surface area contributed by atoms with E-state index in [9.17, 15) is 0 Å². The van der Waals surface area contributed by atoms with Crippen molar-refractivity contribution in [3.63, 3.8) is 0 Å². The third kappa shape index (κ3) is 2.54. The molecule has 0 unspecified atom stereocenters. The zero-order valence-corrected chi connectivity index (χ0v) is 12.4. The number of imidazole rings is 2. The number of ether oxygens (including phenoxy) is 1. The van der Waals surface area contributed by atoms with Crippen molar-refractivity contribution in [1.29, 1.82) is 0 Å². The molecule has 0 amide bonds. The lowest BCUT2D eigenvalue weighted by Crippen LogP contribution is -2.03. The Kier molecular flexibility index (Phi) is 3.48. The average Bonchev–Trinajstić information content (AvgIpc) is 3.07. The van der Waals surface area contributed by atoms with Gasteiger partial charge in [0.1, 0.15) is 17.3 Å². The van der Waals surface area contributed by atoms with Crippen molar-refractivity contribution in [2.45, 2.75) is 13.5 Å². The number of nitrogens with zero attached hydrogens (tertiary/aromatic N) is 4. The van der Waals surface area contributed by atoms with Crippen molar-refractivity contribution in [3.05, 3.63) is 54.2 Å². The molecule has 21 heavy (non-hydrogen) atoms. The summed E-state index contributed by atoms with van der Waals surface area (Å²) in [6.45, 7) is 2.69. The van der Waals surface area contributed by atoms with Crippen LogP contribution in [0.3, 0.4) is 0 Å². The largest absolute Gasteiger partial charge is 0.496 e. The van der Waals surface area contributed by atoms with Crippen LogP contribution in [0.4, 0.5) is 0 Å². The Hall–Kier alpha value is -2.56. The molecule has 5 nitrogen and oxygen atoms in total. The van der Waals surface area contributed by atoms with E-state index in [-0.39, 0.29) is 0 Å². The van der Waals surface area contributed by atoms with Crippen LogP contribution in [0.15, 0.2) is 42.9 Å². The molecular weight excluding hydrogens is 264 g/mol. The Balaban J connectivity index is 1.96. The summed E-state index contributed by atoms with van der Waals surface area (Å²) in [5.41, 5.74) is 2.00. The van der Waals surface area contributed by atoms with Crippen LogP contribution in [0.1, 0.15) is 11.4 Å². The van der Waals surface area contributed by atoms with Crippen molar-refractivity contribution in [2.75, 3.05) is 7.11 Å². The number of hydrogen-bond donors (Lipinski definition) is 0. The van der Waals surface area contributed by atoms with E-state index in [4.69, 9.17) is 4.74 Å². The molecule has 2 heterocycles. The monoisotopic (exact) mass is 282 g/mol. The van der Waals surface area contributed by atoms with Crippen molar-refractivity contribution >= 4 is 0 Å². The zero-order valence-electron chi connectivity index (χ0n) is 12.4. The van der Waals surface area contributed by atoms with Crippen LogP contribution < -0.4 is 4.74 Å². The lowest BCUT2D eigenvalue weighted by molar-refractivity contribution is 0.408. The van der Waals surface area contributed by atoms with E-state index in [1.165, 1.54) is 0 Å². The molecule has 0 bridgehead atoms.